The van der Waals surface area contributed by atoms with E-state index in [4.69, 9.17) is 4.74 Å². The molecule has 0 fully saturated rings. The molecule has 0 rings (SSSR count). The fraction of sp³-hybridized carbons (Fsp3) is 0.895. The lowest BCUT2D eigenvalue weighted by Crippen LogP contribution is -2.45. The summed E-state index contributed by atoms with van der Waals surface area (Å²) < 4.78 is 5.48. The third-order valence-electron chi connectivity index (χ3n) is 17.4. The van der Waals surface area contributed by atoms with Crippen LogP contribution in [-0.2, 0) is 14.3 Å². The summed E-state index contributed by atoms with van der Waals surface area (Å²) in [4.78, 5) is 24.6. The molecule has 6 heteroatoms. The topological polar surface area (TPSA) is 95.9 Å². The molecule has 0 aliphatic heterocycles. The van der Waals surface area contributed by atoms with Gasteiger partial charge in [-0.1, -0.05) is 352 Å². The molecule has 0 aliphatic rings. The summed E-state index contributed by atoms with van der Waals surface area (Å²) in [6.07, 6.45) is 92.2. The van der Waals surface area contributed by atoms with Gasteiger partial charge < -0.3 is 20.3 Å². The molecule has 0 bridgehead atoms. The van der Waals surface area contributed by atoms with Crippen LogP contribution in [-0.4, -0.2) is 47.4 Å². The van der Waals surface area contributed by atoms with Crippen molar-refractivity contribution in [3.8, 4) is 0 Å². The van der Waals surface area contributed by atoms with Gasteiger partial charge in [0.15, 0.2) is 0 Å². The Hall–Kier alpha value is -1.92. The lowest BCUT2D eigenvalue weighted by atomic mass is 10.0. The van der Waals surface area contributed by atoms with Gasteiger partial charge >= 0.3 is 5.97 Å². The molecule has 2 unspecified atom stereocenters. The van der Waals surface area contributed by atoms with E-state index in [0.29, 0.717) is 25.9 Å². The number of carbonyl (C=O) groups excluding carboxylic acids is 2. The number of aliphatic hydroxyl groups excluding tert-OH is 2. The molecule has 82 heavy (non-hydrogen) atoms. The second kappa shape index (κ2) is 71.6. The number of nitrogens with one attached hydrogen (secondary N) is 1. The van der Waals surface area contributed by atoms with Gasteiger partial charge in [-0.3, -0.25) is 9.59 Å². The van der Waals surface area contributed by atoms with Crippen molar-refractivity contribution in [3.63, 3.8) is 0 Å². The second-order valence-electron chi connectivity index (χ2n) is 25.6. The molecule has 1 amide bonds. The molecule has 6 nitrogen and oxygen atoms in total. The molecule has 0 saturated heterocycles. The summed E-state index contributed by atoms with van der Waals surface area (Å²) in [7, 11) is 0. The van der Waals surface area contributed by atoms with E-state index in [1.165, 1.54) is 327 Å². The maximum Gasteiger partial charge on any atom is 0.305 e. The van der Waals surface area contributed by atoms with Gasteiger partial charge in [-0.2, -0.15) is 0 Å². The molecule has 0 heterocycles. The molecule has 2 atom stereocenters. The summed E-state index contributed by atoms with van der Waals surface area (Å²) in [6.45, 7) is 4.97. The highest BCUT2D eigenvalue weighted by molar-refractivity contribution is 5.76. The quantitative estimate of drug-likeness (QED) is 0.0320. The van der Waals surface area contributed by atoms with Crippen molar-refractivity contribution in [2.75, 3.05) is 13.2 Å². The number of ether oxygens (including phenoxy) is 1. The van der Waals surface area contributed by atoms with Crippen LogP contribution in [0, 0.1) is 0 Å². The van der Waals surface area contributed by atoms with Crippen LogP contribution >= 0.6 is 0 Å². The number of allylic oxidation sites excluding steroid dienone is 6. The lowest BCUT2D eigenvalue weighted by molar-refractivity contribution is -0.143. The van der Waals surface area contributed by atoms with E-state index in [9.17, 15) is 19.8 Å². The van der Waals surface area contributed by atoms with Crippen molar-refractivity contribution in [2.45, 2.75) is 424 Å². The number of hydrogen-bond acceptors (Lipinski definition) is 5. The van der Waals surface area contributed by atoms with E-state index < -0.39 is 12.1 Å². The molecule has 0 aromatic carbocycles. The summed E-state index contributed by atoms with van der Waals surface area (Å²) in [6, 6.07) is -0.539. The maximum absolute atomic E-state index is 12.5. The Kier molecular flexibility index (Phi) is 69.9. The Labute approximate surface area is 513 Å². The first-order chi connectivity index (χ1) is 40.5. The summed E-state index contributed by atoms with van der Waals surface area (Å²) in [5.41, 5.74) is 0. The molecule has 3 N–H and O–H groups in total. The Balaban J connectivity index is 3.36. The van der Waals surface area contributed by atoms with Crippen molar-refractivity contribution in [1.82, 2.24) is 5.32 Å². The highest BCUT2D eigenvalue weighted by atomic mass is 16.5. The number of amides is 1. The van der Waals surface area contributed by atoms with Crippen LogP contribution in [0.4, 0.5) is 0 Å². The Morgan fingerprint density at radius 3 is 0.951 bits per heavy atom. The number of hydrogen-bond donors (Lipinski definition) is 3. The second-order valence-corrected chi connectivity index (χ2v) is 25.6. The van der Waals surface area contributed by atoms with Gasteiger partial charge in [0, 0.05) is 12.8 Å². The fourth-order valence-corrected chi connectivity index (χ4v) is 11.7. The molecule has 484 valence electrons. The predicted octanol–water partition coefficient (Wildman–Crippen LogP) is 24.3. The molecule has 0 spiro atoms. The van der Waals surface area contributed by atoms with E-state index in [0.717, 1.165) is 51.4 Å². The number of aliphatic hydroxyl groups is 2. The van der Waals surface area contributed by atoms with Crippen molar-refractivity contribution in [2.24, 2.45) is 0 Å². The van der Waals surface area contributed by atoms with Crippen LogP contribution in [0.3, 0.4) is 0 Å². The monoisotopic (exact) mass is 1150 g/mol. The van der Waals surface area contributed by atoms with Gasteiger partial charge in [0.25, 0.3) is 0 Å². The molecule has 0 aromatic heterocycles. The van der Waals surface area contributed by atoms with Crippen LogP contribution in [0.1, 0.15) is 412 Å². The highest BCUT2D eigenvalue weighted by Crippen LogP contribution is 2.19. The summed E-state index contributed by atoms with van der Waals surface area (Å²) in [5.74, 6) is -0.0195. The average molecular weight is 1150 g/mol. The first-order valence-corrected chi connectivity index (χ1v) is 37.2. The van der Waals surface area contributed by atoms with Crippen molar-refractivity contribution in [1.29, 1.82) is 0 Å². The smallest absolute Gasteiger partial charge is 0.305 e. The van der Waals surface area contributed by atoms with Crippen LogP contribution < -0.4 is 5.32 Å². The van der Waals surface area contributed by atoms with Gasteiger partial charge in [-0.05, 0) is 83.5 Å². The molecule has 0 aliphatic carbocycles. The van der Waals surface area contributed by atoms with Gasteiger partial charge in [0.1, 0.15) is 0 Å². The number of esters is 1. The number of unbranched alkanes of at least 4 members (excludes halogenated alkanes) is 53. The molecular weight excluding hydrogens is 1010 g/mol. The minimum absolute atomic E-state index is 0.00983. The lowest BCUT2D eigenvalue weighted by Gasteiger charge is -2.22. The highest BCUT2D eigenvalue weighted by Gasteiger charge is 2.20. The Morgan fingerprint density at radius 2 is 0.610 bits per heavy atom. The molecular formula is C76H145NO5. The SMILES string of the molecule is CCCCCC/C=C\CCCCCCCC(=O)OCCCCCCCCCCCCCCC/C=C\C/C=C\CCCCCCCCCCCCCCCCCCCC(=O)NC(CO)C(O)CCCCCCCCCCCCCCCCC. The van der Waals surface area contributed by atoms with Gasteiger partial charge in [-0.25, -0.2) is 0 Å². The summed E-state index contributed by atoms with van der Waals surface area (Å²) >= 11 is 0. The largest absolute Gasteiger partial charge is 0.466 e. The average Bonchev–Trinajstić information content (AvgIpc) is 3.48. The minimum Gasteiger partial charge on any atom is -0.466 e. The summed E-state index contributed by atoms with van der Waals surface area (Å²) in [5, 5.41) is 23.3. The van der Waals surface area contributed by atoms with Crippen LogP contribution in [0.15, 0.2) is 36.5 Å². The zero-order chi connectivity index (χ0) is 59.2. The number of rotatable bonds is 70. The molecule has 0 aromatic rings. The van der Waals surface area contributed by atoms with Gasteiger partial charge in [0.05, 0.1) is 25.4 Å². The standard InChI is InChI=1S/C76H145NO5/c1-3-5-7-9-11-13-15-17-41-45-48-52-56-60-64-68-74(79)73(72-78)77-75(80)69-65-61-57-53-49-46-42-39-37-35-33-31-29-27-25-23-21-19-18-20-22-24-26-28-30-32-34-36-38-40-43-47-51-55-59-63-67-71-82-76(81)70-66-62-58-54-50-44-16-14-12-10-8-6-4-2/h14,16,18,20,24,26,73-74,78-79H,3-13,15,17,19,21-23,25,27-72H2,1-2H3,(H,77,80)/b16-14-,20-18-,26-24-. The third kappa shape index (κ3) is 67.2. The zero-order valence-electron chi connectivity index (χ0n) is 55.5. The van der Waals surface area contributed by atoms with E-state index in [1.807, 2.05) is 0 Å². The van der Waals surface area contributed by atoms with Gasteiger partial charge in [-0.15, -0.1) is 0 Å². The van der Waals surface area contributed by atoms with E-state index in [1.54, 1.807) is 0 Å². The molecule has 0 saturated carbocycles. The Morgan fingerprint density at radius 1 is 0.341 bits per heavy atom. The van der Waals surface area contributed by atoms with Crippen molar-refractivity contribution < 1.29 is 24.5 Å². The minimum atomic E-state index is -0.662. The predicted molar refractivity (Wildman–Crippen MR) is 361 cm³/mol. The number of carbonyl (C=O) groups is 2. The normalized spacial score (nSPS) is 12.7. The van der Waals surface area contributed by atoms with Crippen LogP contribution in [0.2, 0.25) is 0 Å². The Bertz CT molecular complexity index is 1330. The van der Waals surface area contributed by atoms with E-state index >= 15 is 0 Å². The van der Waals surface area contributed by atoms with Crippen LogP contribution in [0.5, 0.6) is 0 Å². The third-order valence-corrected chi connectivity index (χ3v) is 17.4. The maximum atomic E-state index is 12.5. The van der Waals surface area contributed by atoms with E-state index in [-0.39, 0.29) is 18.5 Å². The van der Waals surface area contributed by atoms with Gasteiger partial charge in [0.2, 0.25) is 5.91 Å². The van der Waals surface area contributed by atoms with Crippen molar-refractivity contribution in [3.05, 3.63) is 36.5 Å². The first-order valence-electron chi connectivity index (χ1n) is 37.2. The van der Waals surface area contributed by atoms with E-state index in [2.05, 4.69) is 55.6 Å². The zero-order valence-corrected chi connectivity index (χ0v) is 55.5. The fourth-order valence-electron chi connectivity index (χ4n) is 11.7. The van der Waals surface area contributed by atoms with Crippen molar-refractivity contribution >= 4 is 11.9 Å². The first kappa shape index (κ1) is 80.1. The molecule has 0 radical (unpaired) electrons. The van der Waals surface area contributed by atoms with Crippen LogP contribution in [0.25, 0.3) is 0 Å².